The maximum Gasteiger partial charge on any atom is 0.303 e. The SMILES string of the molecule is O=C(O)CCC(=O)N1CCCC1. The molecule has 0 spiro atoms. The van der Waals surface area contributed by atoms with Crippen molar-refractivity contribution < 1.29 is 14.7 Å². The van der Waals surface area contributed by atoms with Gasteiger partial charge in [0.1, 0.15) is 0 Å². The van der Waals surface area contributed by atoms with Crippen molar-refractivity contribution in [2.45, 2.75) is 25.7 Å². The molecule has 12 heavy (non-hydrogen) atoms. The third kappa shape index (κ3) is 2.53. The first-order valence-corrected chi connectivity index (χ1v) is 4.20. The quantitative estimate of drug-likeness (QED) is 0.671. The Morgan fingerprint density at radius 3 is 2.25 bits per heavy atom. The van der Waals surface area contributed by atoms with Gasteiger partial charge in [-0.2, -0.15) is 0 Å². The number of nitrogens with zero attached hydrogens (tertiary/aromatic N) is 1. The van der Waals surface area contributed by atoms with Crippen molar-refractivity contribution >= 4 is 11.9 Å². The van der Waals surface area contributed by atoms with E-state index in [4.69, 9.17) is 5.11 Å². The van der Waals surface area contributed by atoms with E-state index in [2.05, 4.69) is 0 Å². The first-order chi connectivity index (χ1) is 5.70. The topological polar surface area (TPSA) is 57.6 Å². The molecule has 1 aliphatic heterocycles. The lowest BCUT2D eigenvalue weighted by atomic mass is 10.3. The lowest BCUT2D eigenvalue weighted by Gasteiger charge is -2.13. The Hall–Kier alpha value is -1.06. The van der Waals surface area contributed by atoms with Crippen LogP contribution in [0.1, 0.15) is 25.7 Å². The molecule has 0 aromatic carbocycles. The summed E-state index contributed by atoms with van der Waals surface area (Å²) in [5.41, 5.74) is 0. The normalized spacial score (nSPS) is 16.5. The fraction of sp³-hybridized carbons (Fsp3) is 0.750. The fourth-order valence-corrected chi connectivity index (χ4v) is 1.34. The van der Waals surface area contributed by atoms with Crippen LogP contribution in [0.5, 0.6) is 0 Å². The van der Waals surface area contributed by atoms with Crippen molar-refractivity contribution in [3.05, 3.63) is 0 Å². The van der Waals surface area contributed by atoms with Gasteiger partial charge >= 0.3 is 5.97 Å². The number of carbonyl (C=O) groups is 2. The zero-order valence-electron chi connectivity index (χ0n) is 6.95. The zero-order valence-corrected chi connectivity index (χ0v) is 6.95. The molecule has 0 saturated carbocycles. The third-order valence-electron chi connectivity index (χ3n) is 2.01. The van der Waals surface area contributed by atoms with Crippen molar-refractivity contribution in [1.82, 2.24) is 4.90 Å². The number of carboxylic acid groups (broad SMARTS) is 1. The van der Waals surface area contributed by atoms with Crippen molar-refractivity contribution in [2.75, 3.05) is 13.1 Å². The minimum Gasteiger partial charge on any atom is -0.481 e. The van der Waals surface area contributed by atoms with E-state index in [1.807, 2.05) is 0 Å². The van der Waals surface area contributed by atoms with E-state index < -0.39 is 5.97 Å². The predicted octanol–water partition coefficient (Wildman–Crippen LogP) is 0.474. The van der Waals surface area contributed by atoms with Crippen molar-refractivity contribution in [2.24, 2.45) is 0 Å². The van der Waals surface area contributed by atoms with Gasteiger partial charge in [-0.15, -0.1) is 0 Å². The van der Waals surface area contributed by atoms with Gasteiger partial charge in [-0.25, -0.2) is 0 Å². The van der Waals surface area contributed by atoms with E-state index in [9.17, 15) is 9.59 Å². The van der Waals surface area contributed by atoms with Crippen LogP contribution in [0.4, 0.5) is 0 Å². The molecule has 1 rings (SSSR count). The molecule has 4 heteroatoms. The molecular formula is C8H13NO3. The molecule has 1 heterocycles. The number of carbonyl (C=O) groups excluding carboxylic acids is 1. The molecule has 68 valence electrons. The molecule has 0 unspecified atom stereocenters. The first kappa shape index (κ1) is 9.03. The summed E-state index contributed by atoms with van der Waals surface area (Å²) in [7, 11) is 0. The van der Waals surface area contributed by atoms with Crippen molar-refractivity contribution in [1.29, 1.82) is 0 Å². The van der Waals surface area contributed by atoms with Gasteiger partial charge < -0.3 is 10.0 Å². The summed E-state index contributed by atoms with van der Waals surface area (Å²) in [5, 5.41) is 8.33. The average molecular weight is 171 g/mol. The highest BCUT2D eigenvalue weighted by atomic mass is 16.4. The van der Waals surface area contributed by atoms with Crippen LogP contribution < -0.4 is 0 Å². The summed E-state index contributed by atoms with van der Waals surface area (Å²) in [6.45, 7) is 1.61. The highest BCUT2D eigenvalue weighted by Crippen LogP contribution is 2.09. The van der Waals surface area contributed by atoms with E-state index in [1.54, 1.807) is 4.90 Å². The molecule has 0 aromatic heterocycles. The number of aliphatic carboxylic acids is 1. The van der Waals surface area contributed by atoms with E-state index in [0.29, 0.717) is 0 Å². The van der Waals surface area contributed by atoms with Crippen molar-refractivity contribution in [3.8, 4) is 0 Å². The van der Waals surface area contributed by atoms with Crippen LogP contribution in [-0.2, 0) is 9.59 Å². The van der Waals surface area contributed by atoms with Crippen LogP contribution in [0.15, 0.2) is 0 Å². The van der Waals surface area contributed by atoms with Crippen LogP contribution >= 0.6 is 0 Å². The molecule has 0 atom stereocenters. The van der Waals surface area contributed by atoms with Gasteiger partial charge in [0.2, 0.25) is 5.91 Å². The summed E-state index contributed by atoms with van der Waals surface area (Å²) in [6, 6.07) is 0. The summed E-state index contributed by atoms with van der Waals surface area (Å²) in [5.74, 6) is -0.919. The lowest BCUT2D eigenvalue weighted by molar-refractivity contribution is -0.140. The minimum atomic E-state index is -0.900. The first-order valence-electron chi connectivity index (χ1n) is 4.20. The smallest absolute Gasteiger partial charge is 0.303 e. The van der Waals surface area contributed by atoms with E-state index in [0.717, 1.165) is 25.9 Å². The second-order valence-corrected chi connectivity index (χ2v) is 2.98. The summed E-state index contributed by atoms with van der Waals surface area (Å²) in [4.78, 5) is 23.1. The standard InChI is InChI=1S/C8H13NO3/c10-7(3-4-8(11)12)9-5-1-2-6-9/h1-6H2,(H,11,12). The Balaban J connectivity index is 2.23. The van der Waals surface area contributed by atoms with Gasteiger partial charge in [-0.3, -0.25) is 9.59 Å². The summed E-state index contributed by atoms with van der Waals surface area (Å²) < 4.78 is 0. The molecular weight excluding hydrogens is 158 g/mol. The Morgan fingerprint density at radius 1 is 1.17 bits per heavy atom. The highest BCUT2D eigenvalue weighted by molar-refractivity contribution is 5.80. The van der Waals surface area contributed by atoms with Crippen LogP contribution in [0, 0.1) is 0 Å². The van der Waals surface area contributed by atoms with Gasteiger partial charge in [0.25, 0.3) is 0 Å². The molecule has 1 aliphatic rings. The molecule has 0 bridgehead atoms. The van der Waals surface area contributed by atoms with Crippen LogP contribution in [0.3, 0.4) is 0 Å². The van der Waals surface area contributed by atoms with E-state index in [1.165, 1.54) is 0 Å². The predicted molar refractivity (Wildman–Crippen MR) is 42.7 cm³/mol. The van der Waals surface area contributed by atoms with Gasteiger partial charge in [0.15, 0.2) is 0 Å². The zero-order chi connectivity index (χ0) is 8.97. The number of likely N-dealkylation sites (tertiary alicyclic amines) is 1. The van der Waals surface area contributed by atoms with E-state index in [-0.39, 0.29) is 18.7 Å². The highest BCUT2D eigenvalue weighted by Gasteiger charge is 2.17. The maximum atomic E-state index is 11.2. The number of rotatable bonds is 3. The Labute approximate surface area is 71.2 Å². The minimum absolute atomic E-state index is 0.0186. The number of amides is 1. The summed E-state index contributed by atoms with van der Waals surface area (Å²) >= 11 is 0. The fourth-order valence-electron chi connectivity index (χ4n) is 1.34. The van der Waals surface area contributed by atoms with Crippen molar-refractivity contribution in [3.63, 3.8) is 0 Å². The number of hydrogen-bond acceptors (Lipinski definition) is 2. The number of carboxylic acids is 1. The molecule has 1 N–H and O–H groups in total. The van der Waals surface area contributed by atoms with Gasteiger partial charge in [-0.1, -0.05) is 0 Å². The Kier molecular flexibility index (Phi) is 3.08. The molecule has 0 radical (unpaired) electrons. The lowest BCUT2D eigenvalue weighted by Crippen LogP contribution is -2.27. The molecule has 0 aromatic rings. The Morgan fingerprint density at radius 2 is 1.75 bits per heavy atom. The van der Waals surface area contributed by atoms with Crippen LogP contribution in [0.25, 0.3) is 0 Å². The van der Waals surface area contributed by atoms with Gasteiger partial charge in [0, 0.05) is 19.5 Å². The van der Waals surface area contributed by atoms with Crippen LogP contribution in [0.2, 0.25) is 0 Å². The molecule has 0 aliphatic carbocycles. The average Bonchev–Trinajstić information content (AvgIpc) is 2.51. The van der Waals surface area contributed by atoms with E-state index >= 15 is 0 Å². The molecule has 1 saturated heterocycles. The number of hydrogen-bond donors (Lipinski definition) is 1. The molecule has 1 amide bonds. The third-order valence-corrected chi connectivity index (χ3v) is 2.01. The maximum absolute atomic E-state index is 11.2. The second-order valence-electron chi connectivity index (χ2n) is 2.98. The second kappa shape index (κ2) is 4.09. The molecule has 1 fully saturated rings. The van der Waals surface area contributed by atoms with Gasteiger partial charge in [-0.05, 0) is 12.8 Å². The largest absolute Gasteiger partial charge is 0.481 e. The van der Waals surface area contributed by atoms with Gasteiger partial charge in [0.05, 0.1) is 6.42 Å². The summed E-state index contributed by atoms with van der Waals surface area (Å²) in [6.07, 6.45) is 2.21. The monoisotopic (exact) mass is 171 g/mol. The van der Waals surface area contributed by atoms with Crippen LogP contribution in [-0.4, -0.2) is 35.0 Å². The Bertz CT molecular complexity index is 185. The molecule has 4 nitrogen and oxygen atoms in total.